The molecule has 0 saturated heterocycles. The van der Waals surface area contributed by atoms with Gasteiger partial charge in [0.2, 0.25) is 0 Å². The first-order chi connectivity index (χ1) is 9.54. The summed E-state index contributed by atoms with van der Waals surface area (Å²) in [6, 6.07) is 11.7. The van der Waals surface area contributed by atoms with Crippen LogP contribution in [-0.4, -0.2) is 11.9 Å². The van der Waals surface area contributed by atoms with Gasteiger partial charge in [0, 0.05) is 24.2 Å². The molecule has 0 aromatic heterocycles. The van der Waals surface area contributed by atoms with Crippen molar-refractivity contribution in [2.45, 2.75) is 6.92 Å². The molecule has 20 heavy (non-hydrogen) atoms. The van der Waals surface area contributed by atoms with E-state index in [1.165, 1.54) is 37.3 Å². The van der Waals surface area contributed by atoms with E-state index >= 15 is 0 Å². The van der Waals surface area contributed by atoms with Gasteiger partial charge >= 0.3 is 5.97 Å². The first kappa shape index (κ1) is 13.7. The largest absolute Gasteiger partial charge is 0.427 e. The van der Waals surface area contributed by atoms with Crippen molar-refractivity contribution in [2.75, 3.05) is 5.32 Å². The third kappa shape index (κ3) is 3.65. The fourth-order valence-corrected chi connectivity index (χ4v) is 1.61. The number of nitrogens with one attached hydrogen (secondary N) is 1. The number of benzene rings is 2. The van der Waals surface area contributed by atoms with Crippen LogP contribution >= 0.6 is 0 Å². The highest BCUT2D eigenvalue weighted by atomic mass is 19.1. The van der Waals surface area contributed by atoms with Gasteiger partial charge in [0.15, 0.2) is 0 Å². The smallest absolute Gasteiger partial charge is 0.308 e. The summed E-state index contributed by atoms with van der Waals surface area (Å²) in [5.74, 6) is -0.871. The van der Waals surface area contributed by atoms with Crippen molar-refractivity contribution >= 4 is 17.6 Å². The standard InChI is InChI=1S/C15H12FNO3/c1-10(18)20-14-4-2-3-13(9-14)17-15(19)11-5-7-12(16)8-6-11/h2-9H,1H3,(H,17,19). The Morgan fingerprint density at radius 3 is 2.45 bits per heavy atom. The zero-order valence-electron chi connectivity index (χ0n) is 10.7. The van der Waals surface area contributed by atoms with Crippen LogP contribution in [0.3, 0.4) is 0 Å². The van der Waals surface area contributed by atoms with Gasteiger partial charge in [-0.2, -0.15) is 0 Å². The van der Waals surface area contributed by atoms with Gasteiger partial charge in [-0.05, 0) is 36.4 Å². The lowest BCUT2D eigenvalue weighted by atomic mass is 10.2. The molecule has 102 valence electrons. The van der Waals surface area contributed by atoms with E-state index in [1.807, 2.05) is 0 Å². The van der Waals surface area contributed by atoms with Crippen LogP contribution in [0.4, 0.5) is 10.1 Å². The quantitative estimate of drug-likeness (QED) is 0.691. The SMILES string of the molecule is CC(=O)Oc1cccc(NC(=O)c2ccc(F)cc2)c1. The Labute approximate surface area is 115 Å². The number of hydrogen-bond acceptors (Lipinski definition) is 3. The van der Waals surface area contributed by atoms with Crippen molar-refractivity contribution < 1.29 is 18.7 Å². The topological polar surface area (TPSA) is 55.4 Å². The second-order valence-electron chi connectivity index (χ2n) is 4.08. The molecule has 0 aliphatic carbocycles. The fourth-order valence-electron chi connectivity index (χ4n) is 1.61. The van der Waals surface area contributed by atoms with E-state index in [9.17, 15) is 14.0 Å². The number of carbonyl (C=O) groups is 2. The molecule has 0 fully saturated rings. The van der Waals surface area contributed by atoms with E-state index in [2.05, 4.69) is 5.32 Å². The van der Waals surface area contributed by atoms with E-state index < -0.39 is 11.8 Å². The molecule has 5 heteroatoms. The molecule has 4 nitrogen and oxygen atoms in total. The van der Waals surface area contributed by atoms with Gasteiger partial charge in [-0.1, -0.05) is 6.07 Å². The maximum absolute atomic E-state index is 12.8. The van der Waals surface area contributed by atoms with E-state index in [0.717, 1.165) is 0 Å². The summed E-state index contributed by atoms with van der Waals surface area (Å²) in [4.78, 5) is 22.8. The van der Waals surface area contributed by atoms with Crippen LogP contribution in [0.15, 0.2) is 48.5 Å². The van der Waals surface area contributed by atoms with E-state index in [4.69, 9.17) is 4.74 Å². The van der Waals surface area contributed by atoms with Crippen molar-refractivity contribution in [3.8, 4) is 5.75 Å². The van der Waals surface area contributed by atoms with Crippen LogP contribution in [0.25, 0.3) is 0 Å². The zero-order chi connectivity index (χ0) is 14.5. The molecule has 0 saturated carbocycles. The predicted octanol–water partition coefficient (Wildman–Crippen LogP) is 3.00. The molecule has 0 atom stereocenters. The molecule has 0 spiro atoms. The number of esters is 1. The van der Waals surface area contributed by atoms with Gasteiger partial charge in [-0.15, -0.1) is 0 Å². The minimum atomic E-state index is -0.438. The number of ether oxygens (including phenoxy) is 1. The monoisotopic (exact) mass is 273 g/mol. The number of carbonyl (C=O) groups excluding carboxylic acids is 2. The van der Waals surface area contributed by atoms with Gasteiger partial charge < -0.3 is 10.1 Å². The highest BCUT2D eigenvalue weighted by molar-refractivity contribution is 6.04. The molecule has 2 aromatic carbocycles. The normalized spacial score (nSPS) is 9.90. The third-order valence-corrected chi connectivity index (χ3v) is 2.46. The van der Waals surface area contributed by atoms with Crippen LogP contribution in [0.1, 0.15) is 17.3 Å². The number of rotatable bonds is 3. The van der Waals surface area contributed by atoms with Gasteiger partial charge in [0.1, 0.15) is 11.6 Å². The molecule has 0 heterocycles. The van der Waals surface area contributed by atoms with E-state index in [1.54, 1.807) is 18.2 Å². The highest BCUT2D eigenvalue weighted by Crippen LogP contribution is 2.18. The maximum Gasteiger partial charge on any atom is 0.308 e. The fraction of sp³-hybridized carbons (Fsp3) is 0.0667. The number of halogens is 1. The van der Waals surface area contributed by atoms with E-state index in [0.29, 0.717) is 17.0 Å². The van der Waals surface area contributed by atoms with E-state index in [-0.39, 0.29) is 5.91 Å². The summed E-state index contributed by atoms with van der Waals surface area (Å²) in [7, 11) is 0. The van der Waals surface area contributed by atoms with Gasteiger partial charge in [0.05, 0.1) is 0 Å². The Hall–Kier alpha value is -2.69. The van der Waals surface area contributed by atoms with Crippen LogP contribution in [0.2, 0.25) is 0 Å². The molecule has 2 aromatic rings. The van der Waals surface area contributed by atoms with Gasteiger partial charge in [-0.3, -0.25) is 9.59 Å². The Kier molecular flexibility index (Phi) is 4.10. The summed E-state index contributed by atoms with van der Waals surface area (Å²) in [5.41, 5.74) is 0.822. The number of amides is 1. The molecule has 0 aliphatic rings. The molecule has 0 radical (unpaired) electrons. The lowest BCUT2D eigenvalue weighted by Gasteiger charge is -2.07. The summed E-state index contributed by atoms with van der Waals surface area (Å²) in [5, 5.41) is 2.64. The summed E-state index contributed by atoms with van der Waals surface area (Å²) in [6.07, 6.45) is 0. The molecule has 1 N–H and O–H groups in total. The Morgan fingerprint density at radius 1 is 1.10 bits per heavy atom. The number of anilines is 1. The summed E-state index contributed by atoms with van der Waals surface area (Å²) < 4.78 is 17.7. The number of hydrogen-bond donors (Lipinski definition) is 1. The zero-order valence-corrected chi connectivity index (χ0v) is 10.7. The van der Waals surface area contributed by atoms with Crippen LogP contribution in [0, 0.1) is 5.82 Å². The predicted molar refractivity (Wildman–Crippen MR) is 72.1 cm³/mol. The summed E-state index contributed by atoms with van der Waals surface area (Å²) >= 11 is 0. The van der Waals surface area contributed by atoms with Crippen molar-refractivity contribution in [2.24, 2.45) is 0 Å². The van der Waals surface area contributed by atoms with Gasteiger partial charge in [0.25, 0.3) is 5.91 Å². The Bertz CT molecular complexity index is 638. The lowest BCUT2D eigenvalue weighted by molar-refractivity contribution is -0.131. The first-order valence-corrected chi connectivity index (χ1v) is 5.90. The molecular weight excluding hydrogens is 261 g/mol. The second-order valence-corrected chi connectivity index (χ2v) is 4.08. The molecule has 0 unspecified atom stereocenters. The second kappa shape index (κ2) is 5.97. The molecular formula is C15H12FNO3. The molecule has 1 amide bonds. The third-order valence-electron chi connectivity index (χ3n) is 2.46. The van der Waals surface area contributed by atoms with Crippen LogP contribution in [0.5, 0.6) is 5.75 Å². The Morgan fingerprint density at radius 2 is 1.80 bits per heavy atom. The Balaban J connectivity index is 2.11. The lowest BCUT2D eigenvalue weighted by Crippen LogP contribution is -2.12. The minimum absolute atomic E-state index is 0.337. The van der Waals surface area contributed by atoms with Crippen LogP contribution < -0.4 is 10.1 Å². The van der Waals surface area contributed by atoms with Crippen molar-refractivity contribution in [3.63, 3.8) is 0 Å². The molecule has 0 bridgehead atoms. The average Bonchev–Trinajstić information content (AvgIpc) is 2.39. The highest BCUT2D eigenvalue weighted by Gasteiger charge is 2.07. The summed E-state index contributed by atoms with van der Waals surface area (Å²) in [6.45, 7) is 1.30. The average molecular weight is 273 g/mol. The van der Waals surface area contributed by atoms with Crippen molar-refractivity contribution in [3.05, 3.63) is 59.9 Å². The first-order valence-electron chi connectivity index (χ1n) is 5.90. The van der Waals surface area contributed by atoms with Crippen LogP contribution in [-0.2, 0) is 4.79 Å². The maximum atomic E-state index is 12.8. The van der Waals surface area contributed by atoms with Gasteiger partial charge in [-0.25, -0.2) is 4.39 Å². The minimum Gasteiger partial charge on any atom is -0.427 e. The van der Waals surface area contributed by atoms with Crippen molar-refractivity contribution in [1.29, 1.82) is 0 Å². The molecule has 0 aliphatic heterocycles. The molecule has 2 rings (SSSR count). The van der Waals surface area contributed by atoms with Crippen molar-refractivity contribution in [1.82, 2.24) is 0 Å².